The lowest BCUT2D eigenvalue weighted by atomic mass is 10.1. The Morgan fingerprint density at radius 3 is 2.88 bits per heavy atom. The molecule has 1 atom stereocenters. The minimum atomic E-state index is -0.508. The molecule has 0 saturated heterocycles. The SMILES string of the molecule is CCC[C@H](N)C(=O)Nc1ccc(F)cc1I. The number of carbonyl (C=O) groups is 1. The highest BCUT2D eigenvalue weighted by atomic mass is 127. The molecular weight excluding hydrogens is 322 g/mol. The van der Waals surface area contributed by atoms with Crippen LogP contribution in [0.5, 0.6) is 0 Å². The molecular formula is C11H14FIN2O. The lowest BCUT2D eigenvalue weighted by Gasteiger charge is -2.12. The molecule has 0 aliphatic heterocycles. The van der Waals surface area contributed by atoms with Crippen LogP contribution >= 0.6 is 22.6 Å². The Balaban J connectivity index is 2.69. The van der Waals surface area contributed by atoms with Crippen molar-refractivity contribution in [2.24, 2.45) is 5.73 Å². The first-order chi connectivity index (χ1) is 7.54. The van der Waals surface area contributed by atoms with Gasteiger partial charge in [-0.15, -0.1) is 0 Å². The summed E-state index contributed by atoms with van der Waals surface area (Å²) >= 11 is 1.97. The minimum absolute atomic E-state index is 0.230. The molecule has 0 spiro atoms. The largest absolute Gasteiger partial charge is 0.324 e. The second kappa shape index (κ2) is 6.15. The summed E-state index contributed by atoms with van der Waals surface area (Å²) in [6, 6.07) is 3.70. The van der Waals surface area contributed by atoms with E-state index in [1.54, 1.807) is 0 Å². The van der Waals surface area contributed by atoms with Crippen molar-refractivity contribution in [3.8, 4) is 0 Å². The normalized spacial score (nSPS) is 12.2. The van der Waals surface area contributed by atoms with Crippen molar-refractivity contribution in [3.63, 3.8) is 0 Å². The van der Waals surface area contributed by atoms with Gasteiger partial charge in [-0.1, -0.05) is 13.3 Å². The number of benzene rings is 1. The topological polar surface area (TPSA) is 55.1 Å². The summed E-state index contributed by atoms with van der Waals surface area (Å²) in [5.74, 6) is -0.549. The van der Waals surface area contributed by atoms with Gasteiger partial charge >= 0.3 is 0 Å². The van der Waals surface area contributed by atoms with E-state index >= 15 is 0 Å². The number of nitrogens with two attached hydrogens (primary N) is 1. The van der Waals surface area contributed by atoms with Gasteiger partial charge in [0, 0.05) is 3.57 Å². The van der Waals surface area contributed by atoms with Gasteiger partial charge in [-0.2, -0.15) is 0 Å². The molecule has 1 aromatic rings. The highest BCUT2D eigenvalue weighted by molar-refractivity contribution is 14.1. The molecule has 0 aromatic heterocycles. The minimum Gasteiger partial charge on any atom is -0.324 e. The highest BCUT2D eigenvalue weighted by Crippen LogP contribution is 2.19. The molecule has 0 saturated carbocycles. The Labute approximate surface area is 108 Å². The maximum atomic E-state index is 12.8. The summed E-state index contributed by atoms with van der Waals surface area (Å²) < 4.78 is 13.5. The van der Waals surface area contributed by atoms with E-state index in [2.05, 4.69) is 5.32 Å². The van der Waals surface area contributed by atoms with Crippen LogP contribution in [-0.2, 0) is 4.79 Å². The van der Waals surface area contributed by atoms with E-state index in [-0.39, 0.29) is 11.7 Å². The van der Waals surface area contributed by atoms with Crippen molar-refractivity contribution in [1.82, 2.24) is 0 Å². The molecule has 3 N–H and O–H groups in total. The number of anilines is 1. The van der Waals surface area contributed by atoms with Crippen LogP contribution in [0.15, 0.2) is 18.2 Å². The third-order valence-corrected chi connectivity index (χ3v) is 3.02. The molecule has 16 heavy (non-hydrogen) atoms. The van der Waals surface area contributed by atoms with Crippen LogP contribution in [0.2, 0.25) is 0 Å². The average molecular weight is 336 g/mol. The molecule has 0 aliphatic carbocycles. The smallest absolute Gasteiger partial charge is 0.241 e. The van der Waals surface area contributed by atoms with Gasteiger partial charge in [0.05, 0.1) is 11.7 Å². The van der Waals surface area contributed by atoms with Crippen molar-refractivity contribution in [1.29, 1.82) is 0 Å². The van der Waals surface area contributed by atoms with Gasteiger partial charge in [-0.3, -0.25) is 4.79 Å². The van der Waals surface area contributed by atoms with Crippen molar-refractivity contribution < 1.29 is 9.18 Å². The third kappa shape index (κ3) is 3.71. The van der Waals surface area contributed by atoms with E-state index < -0.39 is 6.04 Å². The van der Waals surface area contributed by atoms with Gasteiger partial charge in [0.25, 0.3) is 0 Å². The maximum Gasteiger partial charge on any atom is 0.241 e. The molecule has 1 amide bonds. The van der Waals surface area contributed by atoms with Crippen LogP contribution in [0, 0.1) is 9.39 Å². The number of hydrogen-bond donors (Lipinski definition) is 2. The second-order valence-corrected chi connectivity index (χ2v) is 4.67. The first kappa shape index (κ1) is 13.4. The molecule has 1 rings (SSSR count). The van der Waals surface area contributed by atoms with E-state index in [9.17, 15) is 9.18 Å². The van der Waals surface area contributed by atoms with Crippen molar-refractivity contribution >= 4 is 34.2 Å². The summed E-state index contributed by atoms with van der Waals surface area (Å²) in [7, 11) is 0. The van der Waals surface area contributed by atoms with Crippen molar-refractivity contribution in [2.45, 2.75) is 25.8 Å². The lowest BCUT2D eigenvalue weighted by Crippen LogP contribution is -2.35. The lowest BCUT2D eigenvalue weighted by molar-refractivity contribution is -0.117. The second-order valence-electron chi connectivity index (χ2n) is 3.51. The van der Waals surface area contributed by atoms with Gasteiger partial charge in [0.15, 0.2) is 0 Å². The van der Waals surface area contributed by atoms with Crippen LogP contribution in [0.4, 0.5) is 10.1 Å². The Morgan fingerprint density at radius 2 is 2.31 bits per heavy atom. The average Bonchev–Trinajstić information content (AvgIpc) is 2.22. The van der Waals surface area contributed by atoms with E-state index in [1.807, 2.05) is 29.5 Å². The number of halogens is 2. The van der Waals surface area contributed by atoms with Gasteiger partial charge in [0.2, 0.25) is 5.91 Å². The molecule has 0 fully saturated rings. The predicted octanol–water partition coefficient (Wildman–Crippen LogP) is 2.50. The zero-order valence-electron chi connectivity index (χ0n) is 8.97. The monoisotopic (exact) mass is 336 g/mol. The zero-order valence-corrected chi connectivity index (χ0v) is 11.1. The summed E-state index contributed by atoms with van der Waals surface area (Å²) in [4.78, 5) is 11.6. The van der Waals surface area contributed by atoms with E-state index in [4.69, 9.17) is 5.73 Å². The Bertz CT molecular complexity index is 384. The zero-order chi connectivity index (χ0) is 12.1. The Morgan fingerprint density at radius 1 is 1.62 bits per heavy atom. The third-order valence-electron chi connectivity index (χ3n) is 2.13. The molecule has 88 valence electrons. The predicted molar refractivity (Wildman–Crippen MR) is 70.6 cm³/mol. The van der Waals surface area contributed by atoms with E-state index in [1.165, 1.54) is 18.2 Å². The molecule has 0 radical (unpaired) electrons. The first-order valence-electron chi connectivity index (χ1n) is 5.06. The summed E-state index contributed by atoms with van der Waals surface area (Å²) in [6.07, 6.45) is 1.50. The molecule has 3 nitrogen and oxygen atoms in total. The first-order valence-corrected chi connectivity index (χ1v) is 6.14. The van der Waals surface area contributed by atoms with Gasteiger partial charge in [-0.25, -0.2) is 4.39 Å². The number of nitrogens with one attached hydrogen (secondary N) is 1. The van der Waals surface area contributed by atoms with Crippen molar-refractivity contribution in [2.75, 3.05) is 5.32 Å². The highest BCUT2D eigenvalue weighted by Gasteiger charge is 2.13. The van der Waals surface area contributed by atoms with Crippen LogP contribution in [0.3, 0.4) is 0 Å². The Hall–Kier alpha value is -0.690. The fourth-order valence-electron chi connectivity index (χ4n) is 1.26. The van der Waals surface area contributed by atoms with Gasteiger partial charge < -0.3 is 11.1 Å². The molecule has 0 heterocycles. The van der Waals surface area contributed by atoms with Crippen LogP contribution < -0.4 is 11.1 Å². The van der Waals surface area contributed by atoms with Crippen LogP contribution in [0.1, 0.15) is 19.8 Å². The number of rotatable bonds is 4. The summed E-state index contributed by atoms with van der Waals surface area (Å²) in [6.45, 7) is 1.97. The maximum absolute atomic E-state index is 12.8. The molecule has 0 bridgehead atoms. The molecule has 0 unspecified atom stereocenters. The summed E-state index contributed by atoms with van der Waals surface area (Å²) in [5.41, 5.74) is 6.26. The van der Waals surface area contributed by atoms with Gasteiger partial charge in [-0.05, 0) is 47.2 Å². The standard InChI is InChI=1S/C11H14FIN2O/c1-2-3-9(14)11(16)15-10-5-4-7(12)6-8(10)13/h4-6,9H,2-3,14H2,1H3,(H,15,16)/t9-/m0/s1. The number of carbonyl (C=O) groups excluding carboxylic acids is 1. The summed E-state index contributed by atoms with van der Waals surface area (Å²) in [5, 5.41) is 2.68. The van der Waals surface area contributed by atoms with Crippen molar-refractivity contribution in [3.05, 3.63) is 27.6 Å². The number of amides is 1. The molecule has 1 aromatic carbocycles. The van der Waals surface area contributed by atoms with Gasteiger partial charge in [0.1, 0.15) is 5.82 Å². The van der Waals surface area contributed by atoms with E-state index in [0.29, 0.717) is 15.7 Å². The van der Waals surface area contributed by atoms with Crippen LogP contribution in [0.25, 0.3) is 0 Å². The van der Waals surface area contributed by atoms with Crippen LogP contribution in [-0.4, -0.2) is 11.9 Å². The fourth-order valence-corrected chi connectivity index (χ4v) is 1.87. The van der Waals surface area contributed by atoms with E-state index in [0.717, 1.165) is 6.42 Å². The molecule has 5 heteroatoms. The fraction of sp³-hybridized carbons (Fsp3) is 0.364. The number of hydrogen-bond acceptors (Lipinski definition) is 2. The quantitative estimate of drug-likeness (QED) is 0.830. The Kier molecular flexibility index (Phi) is 5.14. The molecule has 0 aliphatic rings.